The third-order valence-corrected chi connectivity index (χ3v) is 5.03. The Labute approximate surface area is 151 Å². The molecular formula is C20H31N3O2. The van der Waals surface area contributed by atoms with Crippen molar-refractivity contribution in [3.63, 3.8) is 0 Å². The third kappa shape index (κ3) is 4.97. The van der Waals surface area contributed by atoms with Crippen LogP contribution in [0.1, 0.15) is 46.0 Å². The Morgan fingerprint density at radius 2 is 1.76 bits per heavy atom. The summed E-state index contributed by atoms with van der Waals surface area (Å²) in [5.41, 5.74) is 1.93. The van der Waals surface area contributed by atoms with Gasteiger partial charge in [-0.15, -0.1) is 0 Å². The van der Waals surface area contributed by atoms with E-state index in [2.05, 4.69) is 6.92 Å². The third-order valence-electron chi connectivity index (χ3n) is 5.03. The number of hydrogen-bond donors (Lipinski definition) is 0. The summed E-state index contributed by atoms with van der Waals surface area (Å²) in [6.07, 6.45) is 4.79. The van der Waals surface area contributed by atoms with E-state index < -0.39 is 0 Å². The summed E-state index contributed by atoms with van der Waals surface area (Å²) in [6, 6.07) is 8.23. The molecule has 5 heteroatoms. The molecule has 0 radical (unpaired) electrons. The molecule has 2 rings (SSSR count). The van der Waals surface area contributed by atoms with Gasteiger partial charge < -0.3 is 14.7 Å². The first-order valence-electron chi connectivity index (χ1n) is 9.29. The molecular weight excluding hydrogens is 314 g/mol. The zero-order valence-corrected chi connectivity index (χ0v) is 16.0. The maximum atomic E-state index is 12.7. The second-order valence-corrected chi connectivity index (χ2v) is 6.98. The first-order chi connectivity index (χ1) is 11.9. The van der Waals surface area contributed by atoms with Crippen molar-refractivity contribution in [1.82, 2.24) is 4.90 Å². The van der Waals surface area contributed by atoms with Crippen LogP contribution in [0.2, 0.25) is 0 Å². The van der Waals surface area contributed by atoms with E-state index >= 15 is 0 Å². The van der Waals surface area contributed by atoms with Crippen LogP contribution in [0.15, 0.2) is 24.3 Å². The molecule has 0 saturated carbocycles. The molecule has 2 amide bonds. The molecule has 5 nitrogen and oxygen atoms in total. The van der Waals surface area contributed by atoms with Crippen LogP contribution >= 0.6 is 0 Å². The molecule has 0 aliphatic carbocycles. The van der Waals surface area contributed by atoms with E-state index in [0.717, 1.165) is 37.2 Å². The standard InChI is InChI=1S/C20H31N3O2/c1-5-17-8-6-7-14-23(17)20(25)13-15-22(16(2)24)19-11-9-18(10-12-19)21(3)4/h9-12,17H,5-8,13-15H2,1-4H3. The zero-order valence-electron chi connectivity index (χ0n) is 16.0. The van der Waals surface area contributed by atoms with E-state index in [1.54, 1.807) is 11.8 Å². The van der Waals surface area contributed by atoms with Gasteiger partial charge in [0.25, 0.3) is 0 Å². The fourth-order valence-electron chi connectivity index (χ4n) is 3.50. The molecule has 1 aliphatic rings. The smallest absolute Gasteiger partial charge is 0.224 e. The summed E-state index contributed by atoms with van der Waals surface area (Å²) in [6.45, 7) is 4.99. The molecule has 1 aromatic carbocycles. The predicted molar refractivity (Wildman–Crippen MR) is 103 cm³/mol. The minimum Gasteiger partial charge on any atom is -0.378 e. The van der Waals surface area contributed by atoms with E-state index in [4.69, 9.17) is 0 Å². The van der Waals surface area contributed by atoms with Crippen LogP contribution in [0.25, 0.3) is 0 Å². The molecule has 0 spiro atoms. The molecule has 1 aromatic rings. The minimum absolute atomic E-state index is 0.0314. The number of carbonyl (C=O) groups is 2. The highest BCUT2D eigenvalue weighted by molar-refractivity contribution is 5.92. The van der Waals surface area contributed by atoms with E-state index in [9.17, 15) is 9.59 Å². The Hall–Kier alpha value is -2.04. The number of anilines is 2. The van der Waals surface area contributed by atoms with Gasteiger partial charge in [0.15, 0.2) is 0 Å². The average Bonchev–Trinajstić information content (AvgIpc) is 2.61. The van der Waals surface area contributed by atoms with Crippen LogP contribution in [-0.2, 0) is 9.59 Å². The number of nitrogens with zero attached hydrogens (tertiary/aromatic N) is 3. The maximum Gasteiger partial charge on any atom is 0.224 e. The molecule has 1 saturated heterocycles. The predicted octanol–water partition coefficient (Wildman–Crippen LogP) is 3.29. The Balaban J connectivity index is 2.01. The van der Waals surface area contributed by atoms with Gasteiger partial charge in [-0.2, -0.15) is 0 Å². The lowest BCUT2D eigenvalue weighted by atomic mass is 9.99. The first-order valence-corrected chi connectivity index (χ1v) is 9.29. The maximum absolute atomic E-state index is 12.7. The lowest BCUT2D eigenvalue weighted by Gasteiger charge is -2.36. The number of carbonyl (C=O) groups excluding carboxylic acids is 2. The van der Waals surface area contributed by atoms with Crippen molar-refractivity contribution in [2.75, 3.05) is 37.0 Å². The highest BCUT2D eigenvalue weighted by Crippen LogP contribution is 2.22. The number of likely N-dealkylation sites (tertiary alicyclic amines) is 1. The van der Waals surface area contributed by atoms with Gasteiger partial charge >= 0.3 is 0 Å². The highest BCUT2D eigenvalue weighted by Gasteiger charge is 2.25. The molecule has 1 aliphatic heterocycles. The van der Waals surface area contributed by atoms with Gasteiger partial charge in [-0.3, -0.25) is 9.59 Å². The number of benzene rings is 1. The minimum atomic E-state index is -0.0314. The van der Waals surface area contributed by atoms with Crippen LogP contribution in [0.4, 0.5) is 11.4 Å². The Kier molecular flexibility index (Phi) is 6.85. The van der Waals surface area contributed by atoms with Crippen molar-refractivity contribution in [2.45, 2.75) is 52.0 Å². The monoisotopic (exact) mass is 345 g/mol. The Bertz CT molecular complexity index is 583. The molecule has 1 fully saturated rings. The van der Waals surface area contributed by atoms with Gasteiger partial charge in [-0.1, -0.05) is 6.92 Å². The molecule has 0 bridgehead atoms. The van der Waals surface area contributed by atoms with E-state index in [1.165, 1.54) is 6.42 Å². The zero-order chi connectivity index (χ0) is 18.4. The number of piperidine rings is 1. The molecule has 1 heterocycles. The van der Waals surface area contributed by atoms with E-state index in [0.29, 0.717) is 19.0 Å². The highest BCUT2D eigenvalue weighted by atomic mass is 16.2. The first kappa shape index (κ1) is 19.3. The van der Waals surface area contributed by atoms with Crippen molar-refractivity contribution in [1.29, 1.82) is 0 Å². The molecule has 138 valence electrons. The summed E-state index contributed by atoms with van der Waals surface area (Å²) in [5.74, 6) is 0.138. The fourth-order valence-corrected chi connectivity index (χ4v) is 3.50. The normalized spacial score (nSPS) is 17.3. The van der Waals surface area contributed by atoms with Gasteiger partial charge in [0.2, 0.25) is 11.8 Å². The largest absolute Gasteiger partial charge is 0.378 e. The van der Waals surface area contributed by atoms with Crippen LogP contribution in [0, 0.1) is 0 Å². The molecule has 0 N–H and O–H groups in total. The van der Waals surface area contributed by atoms with Crippen LogP contribution < -0.4 is 9.80 Å². The SMILES string of the molecule is CCC1CCCCN1C(=O)CCN(C(C)=O)c1ccc(N(C)C)cc1. The fraction of sp³-hybridized carbons (Fsp3) is 0.600. The molecule has 1 unspecified atom stereocenters. The molecule has 0 aromatic heterocycles. The van der Waals surface area contributed by atoms with Crippen molar-refractivity contribution in [3.05, 3.63) is 24.3 Å². The van der Waals surface area contributed by atoms with E-state index in [-0.39, 0.29) is 11.8 Å². The summed E-state index contributed by atoms with van der Waals surface area (Å²) < 4.78 is 0. The molecule has 1 atom stereocenters. The summed E-state index contributed by atoms with van der Waals surface area (Å²) >= 11 is 0. The average molecular weight is 345 g/mol. The van der Waals surface area contributed by atoms with Crippen LogP contribution in [0.5, 0.6) is 0 Å². The lowest BCUT2D eigenvalue weighted by molar-refractivity contribution is -0.134. The second-order valence-electron chi connectivity index (χ2n) is 6.98. The topological polar surface area (TPSA) is 43.9 Å². The van der Waals surface area contributed by atoms with E-state index in [1.807, 2.05) is 48.2 Å². The number of amides is 2. The summed E-state index contributed by atoms with van der Waals surface area (Å²) in [7, 11) is 3.97. The van der Waals surface area contributed by atoms with Gasteiger partial charge in [-0.05, 0) is 49.9 Å². The van der Waals surface area contributed by atoms with Crippen LogP contribution in [0.3, 0.4) is 0 Å². The Morgan fingerprint density at radius 1 is 1.12 bits per heavy atom. The Morgan fingerprint density at radius 3 is 2.32 bits per heavy atom. The second kappa shape index (κ2) is 8.88. The van der Waals surface area contributed by atoms with Gasteiger partial charge in [0, 0.05) is 57.9 Å². The van der Waals surface area contributed by atoms with Gasteiger partial charge in [0.1, 0.15) is 0 Å². The van der Waals surface area contributed by atoms with Crippen molar-refractivity contribution < 1.29 is 9.59 Å². The summed E-state index contributed by atoms with van der Waals surface area (Å²) in [5, 5.41) is 0. The molecule has 25 heavy (non-hydrogen) atoms. The van der Waals surface area contributed by atoms with Crippen molar-refractivity contribution >= 4 is 23.2 Å². The van der Waals surface area contributed by atoms with Crippen molar-refractivity contribution in [2.24, 2.45) is 0 Å². The number of hydrogen-bond acceptors (Lipinski definition) is 3. The summed E-state index contributed by atoms with van der Waals surface area (Å²) in [4.78, 5) is 30.5. The van der Waals surface area contributed by atoms with Gasteiger partial charge in [-0.25, -0.2) is 0 Å². The van der Waals surface area contributed by atoms with Crippen LogP contribution in [-0.4, -0.2) is 49.9 Å². The quantitative estimate of drug-likeness (QED) is 0.795. The van der Waals surface area contributed by atoms with Gasteiger partial charge in [0.05, 0.1) is 0 Å². The number of rotatable bonds is 6. The lowest BCUT2D eigenvalue weighted by Crippen LogP contribution is -2.44. The van der Waals surface area contributed by atoms with Crippen molar-refractivity contribution in [3.8, 4) is 0 Å².